The van der Waals surface area contributed by atoms with Crippen LogP contribution in [-0.4, -0.2) is 14.5 Å². The number of fused-ring (bicyclic) bond motifs is 11. The highest BCUT2D eigenvalue weighted by atomic mass is 16.3. The molecule has 0 bridgehead atoms. The first-order valence-electron chi connectivity index (χ1n) is 19.1. The third-order valence-corrected chi connectivity index (χ3v) is 11.5. The molecule has 5 heteroatoms. The van der Waals surface area contributed by atoms with Crippen molar-refractivity contribution in [3.8, 4) is 28.2 Å². The van der Waals surface area contributed by atoms with Gasteiger partial charge >= 0.3 is 0 Å². The molecule has 0 aliphatic heterocycles. The summed E-state index contributed by atoms with van der Waals surface area (Å²) >= 11 is 0. The van der Waals surface area contributed by atoms with E-state index in [2.05, 4.69) is 144 Å². The van der Waals surface area contributed by atoms with E-state index in [0.717, 1.165) is 130 Å². The molecule has 4 aromatic heterocycles. The van der Waals surface area contributed by atoms with Crippen molar-refractivity contribution in [2.24, 2.45) is 0 Å². The molecule has 6 aromatic carbocycles. The summed E-state index contributed by atoms with van der Waals surface area (Å²) in [6, 6.07) is 42.8. The van der Waals surface area contributed by atoms with Gasteiger partial charge in [0.15, 0.2) is 0 Å². The van der Waals surface area contributed by atoms with Gasteiger partial charge in [0.25, 0.3) is 0 Å². The number of nitrogens with zero attached hydrogens (tertiary/aromatic N) is 3. The van der Waals surface area contributed by atoms with Gasteiger partial charge in [0.2, 0.25) is 5.95 Å². The lowest BCUT2D eigenvalue weighted by Crippen LogP contribution is -2.36. The fourth-order valence-electron chi connectivity index (χ4n) is 9.00. The molecule has 0 saturated heterocycles. The fraction of sp³-hybridized carbons (Fsp3) is 0.0800. The quantitative estimate of drug-likeness (QED) is 0.183. The molecule has 2 aliphatic carbocycles. The van der Waals surface area contributed by atoms with Crippen molar-refractivity contribution >= 4 is 83.4 Å². The van der Waals surface area contributed by atoms with Crippen LogP contribution in [-0.2, 0) is 0 Å². The SMILES string of the molecule is C1=CCCC(c2nc(-n3c4ccccc4c4c5oc6c(-c7cccc(-c8cccc9c8oc8ccccc89)c7)cccc6c5ccc43)nc3c2=CCCC=3)=C1. The van der Waals surface area contributed by atoms with Crippen molar-refractivity contribution in [1.82, 2.24) is 14.5 Å². The predicted octanol–water partition coefficient (Wildman–Crippen LogP) is 11.8. The summed E-state index contributed by atoms with van der Waals surface area (Å²) in [7, 11) is 0. The molecule has 0 unspecified atom stereocenters. The van der Waals surface area contributed by atoms with E-state index in [1.165, 1.54) is 5.57 Å². The van der Waals surface area contributed by atoms with Gasteiger partial charge in [-0.25, -0.2) is 9.97 Å². The second-order valence-corrected chi connectivity index (χ2v) is 14.6. The van der Waals surface area contributed by atoms with Crippen LogP contribution in [0.3, 0.4) is 0 Å². The Morgan fingerprint density at radius 2 is 1.25 bits per heavy atom. The highest BCUT2D eigenvalue weighted by Crippen LogP contribution is 2.43. The molecule has 5 nitrogen and oxygen atoms in total. The first-order valence-corrected chi connectivity index (χ1v) is 19.1. The molecule has 0 amide bonds. The van der Waals surface area contributed by atoms with Gasteiger partial charge in [-0.15, -0.1) is 0 Å². The second-order valence-electron chi connectivity index (χ2n) is 14.6. The molecule has 0 radical (unpaired) electrons. The van der Waals surface area contributed by atoms with Crippen LogP contribution in [0.25, 0.3) is 112 Å². The number of furan rings is 2. The third-order valence-electron chi connectivity index (χ3n) is 11.5. The first kappa shape index (κ1) is 30.5. The Morgan fingerprint density at radius 1 is 0.545 bits per heavy atom. The predicted molar refractivity (Wildman–Crippen MR) is 226 cm³/mol. The van der Waals surface area contributed by atoms with Gasteiger partial charge in [0, 0.05) is 43.3 Å². The highest BCUT2D eigenvalue weighted by Gasteiger charge is 2.23. The Labute approximate surface area is 315 Å². The molecule has 2 aliphatic rings. The van der Waals surface area contributed by atoms with Crippen LogP contribution in [0.2, 0.25) is 0 Å². The maximum Gasteiger partial charge on any atom is 0.235 e. The lowest BCUT2D eigenvalue weighted by molar-refractivity contribution is 0.670. The summed E-state index contributed by atoms with van der Waals surface area (Å²) < 4.78 is 15.7. The van der Waals surface area contributed by atoms with E-state index in [9.17, 15) is 0 Å². The van der Waals surface area contributed by atoms with Gasteiger partial charge in [-0.2, -0.15) is 0 Å². The highest BCUT2D eigenvalue weighted by molar-refractivity contribution is 6.24. The van der Waals surface area contributed by atoms with Crippen LogP contribution in [0.15, 0.2) is 148 Å². The molecule has 0 spiro atoms. The molecule has 0 atom stereocenters. The van der Waals surface area contributed by atoms with Crippen molar-refractivity contribution < 1.29 is 8.83 Å². The Kier molecular flexibility index (Phi) is 6.52. The van der Waals surface area contributed by atoms with Gasteiger partial charge in [-0.3, -0.25) is 4.57 Å². The molecule has 0 saturated carbocycles. The van der Waals surface area contributed by atoms with Crippen molar-refractivity contribution in [2.45, 2.75) is 25.7 Å². The minimum atomic E-state index is 0.689. The standard InChI is InChI=1S/C50H33N3O2/c1-2-13-30(14-3-1)46-39-18-4-7-24-41(39)51-50(52-46)53-42-25-8-5-19-40(42)45-43(53)28-27-38-37-23-12-21-34(48(37)55-49(38)45)32-16-10-15-31(29-32)33-20-11-22-36-35-17-6-9-26-44(35)54-47(33)36/h1-2,5-6,8-13,15-29H,3-4,7,14H2. The normalized spacial score (nSPS) is 14.2. The van der Waals surface area contributed by atoms with E-state index >= 15 is 0 Å². The molecule has 55 heavy (non-hydrogen) atoms. The summed E-state index contributed by atoms with van der Waals surface area (Å²) in [6.45, 7) is 0. The summed E-state index contributed by atoms with van der Waals surface area (Å²) in [6.07, 6.45) is 15.2. The monoisotopic (exact) mass is 707 g/mol. The second kappa shape index (κ2) is 11.8. The van der Waals surface area contributed by atoms with Crippen molar-refractivity contribution in [3.05, 3.63) is 156 Å². The third kappa shape index (κ3) is 4.53. The van der Waals surface area contributed by atoms with Gasteiger partial charge in [0.1, 0.15) is 22.3 Å². The average Bonchev–Trinajstić information content (AvgIpc) is 3.93. The number of benzene rings is 6. The molecular weight excluding hydrogens is 675 g/mol. The topological polar surface area (TPSA) is 57.0 Å². The van der Waals surface area contributed by atoms with E-state index in [1.54, 1.807) is 0 Å². The van der Waals surface area contributed by atoms with Gasteiger partial charge in [0.05, 0.1) is 27.5 Å². The number of hydrogen-bond donors (Lipinski definition) is 0. The minimum absolute atomic E-state index is 0.689. The van der Waals surface area contributed by atoms with E-state index in [-0.39, 0.29) is 0 Å². The van der Waals surface area contributed by atoms with Crippen LogP contribution in [0.1, 0.15) is 31.4 Å². The summed E-state index contributed by atoms with van der Waals surface area (Å²) in [4.78, 5) is 10.6. The number of rotatable bonds is 4. The number of hydrogen-bond acceptors (Lipinski definition) is 4. The number of para-hydroxylation sites is 4. The van der Waals surface area contributed by atoms with E-state index in [0.29, 0.717) is 5.95 Å². The molecule has 0 N–H and O–H groups in total. The lowest BCUT2D eigenvalue weighted by atomic mass is 9.96. The molecule has 4 heterocycles. The Balaban J connectivity index is 1.07. The van der Waals surface area contributed by atoms with Gasteiger partial charge < -0.3 is 8.83 Å². The maximum absolute atomic E-state index is 7.07. The molecule has 0 fully saturated rings. The Hall–Kier alpha value is -6.98. The summed E-state index contributed by atoms with van der Waals surface area (Å²) in [5.74, 6) is 0.689. The zero-order valence-electron chi connectivity index (χ0n) is 29.9. The van der Waals surface area contributed by atoms with E-state index < -0.39 is 0 Å². The average molecular weight is 708 g/mol. The first-order chi connectivity index (χ1) is 27.3. The maximum atomic E-state index is 7.07. The van der Waals surface area contributed by atoms with Crippen molar-refractivity contribution in [2.75, 3.05) is 0 Å². The van der Waals surface area contributed by atoms with Crippen LogP contribution in [0.5, 0.6) is 0 Å². The van der Waals surface area contributed by atoms with Crippen LogP contribution in [0, 0.1) is 0 Å². The summed E-state index contributed by atoms with van der Waals surface area (Å²) in [5, 5.41) is 8.78. The molecule has 260 valence electrons. The smallest absolute Gasteiger partial charge is 0.235 e. The van der Waals surface area contributed by atoms with Crippen molar-refractivity contribution in [3.63, 3.8) is 0 Å². The Bertz CT molecular complexity index is 3450. The lowest BCUT2D eigenvalue weighted by Gasteiger charge is -2.14. The van der Waals surface area contributed by atoms with Crippen LogP contribution >= 0.6 is 0 Å². The molecular formula is C50H33N3O2. The fourth-order valence-corrected chi connectivity index (χ4v) is 9.00. The van der Waals surface area contributed by atoms with Gasteiger partial charge in [-0.05, 0) is 72.7 Å². The van der Waals surface area contributed by atoms with Crippen LogP contribution < -0.4 is 10.6 Å². The largest absolute Gasteiger partial charge is 0.455 e. The Morgan fingerprint density at radius 3 is 2.09 bits per heavy atom. The summed E-state index contributed by atoms with van der Waals surface area (Å²) in [5.41, 5.74) is 12.2. The van der Waals surface area contributed by atoms with E-state index in [4.69, 9.17) is 18.8 Å². The zero-order valence-corrected chi connectivity index (χ0v) is 29.9. The molecule has 10 aromatic rings. The van der Waals surface area contributed by atoms with Crippen LogP contribution in [0.4, 0.5) is 0 Å². The van der Waals surface area contributed by atoms with E-state index in [1.807, 2.05) is 12.1 Å². The number of aromatic nitrogens is 3. The van der Waals surface area contributed by atoms with Gasteiger partial charge in [-0.1, -0.05) is 121 Å². The number of allylic oxidation sites excluding steroid dienone is 4. The minimum Gasteiger partial charge on any atom is -0.455 e. The zero-order chi connectivity index (χ0) is 36.0. The van der Waals surface area contributed by atoms with Crippen molar-refractivity contribution in [1.29, 1.82) is 0 Å². The molecule has 12 rings (SSSR count).